The summed E-state index contributed by atoms with van der Waals surface area (Å²) in [6, 6.07) is 10.4. The van der Waals surface area contributed by atoms with Gasteiger partial charge in [-0.3, -0.25) is 4.79 Å². The molecular formula is C17H18ClNO4. The Labute approximate surface area is 140 Å². The summed E-state index contributed by atoms with van der Waals surface area (Å²) in [5, 5.41) is 3.23. The highest BCUT2D eigenvalue weighted by Gasteiger charge is 2.11. The number of nitrogens with one attached hydrogen (secondary N) is 1. The molecule has 0 heterocycles. The van der Waals surface area contributed by atoms with Crippen molar-refractivity contribution >= 4 is 23.2 Å². The molecule has 0 radical (unpaired) electrons. The van der Waals surface area contributed by atoms with Gasteiger partial charge in [0.25, 0.3) is 0 Å². The van der Waals surface area contributed by atoms with Crippen LogP contribution in [0, 0.1) is 0 Å². The first-order valence-corrected chi connectivity index (χ1v) is 7.29. The quantitative estimate of drug-likeness (QED) is 0.877. The van der Waals surface area contributed by atoms with E-state index in [9.17, 15) is 4.79 Å². The van der Waals surface area contributed by atoms with Gasteiger partial charge < -0.3 is 19.5 Å². The number of hydrogen-bond acceptors (Lipinski definition) is 4. The number of anilines is 1. The van der Waals surface area contributed by atoms with Crippen molar-refractivity contribution in [3.05, 3.63) is 47.0 Å². The normalized spacial score (nSPS) is 10.1. The van der Waals surface area contributed by atoms with E-state index in [-0.39, 0.29) is 12.3 Å². The highest BCUT2D eigenvalue weighted by molar-refractivity contribution is 6.32. The predicted octanol–water partition coefficient (Wildman–Crippen LogP) is 3.55. The average molecular weight is 336 g/mol. The highest BCUT2D eigenvalue weighted by Crippen LogP contribution is 2.28. The van der Waals surface area contributed by atoms with Gasteiger partial charge in [-0.1, -0.05) is 11.6 Å². The van der Waals surface area contributed by atoms with Crippen molar-refractivity contribution < 1.29 is 19.0 Å². The number of carbonyl (C=O) groups excluding carboxylic acids is 1. The molecule has 2 rings (SSSR count). The molecule has 5 nitrogen and oxygen atoms in total. The monoisotopic (exact) mass is 335 g/mol. The molecule has 0 aliphatic heterocycles. The Morgan fingerprint density at radius 3 is 2.30 bits per heavy atom. The third kappa shape index (κ3) is 4.29. The molecule has 0 atom stereocenters. The van der Waals surface area contributed by atoms with E-state index in [0.717, 1.165) is 5.56 Å². The Bertz CT molecular complexity index is 703. The van der Waals surface area contributed by atoms with Crippen LogP contribution in [0.15, 0.2) is 36.4 Å². The van der Waals surface area contributed by atoms with E-state index in [0.29, 0.717) is 28.0 Å². The molecule has 0 spiro atoms. The molecule has 23 heavy (non-hydrogen) atoms. The van der Waals surface area contributed by atoms with Crippen LogP contribution in [0.25, 0.3) is 0 Å². The van der Waals surface area contributed by atoms with Gasteiger partial charge in [0.05, 0.1) is 32.8 Å². The summed E-state index contributed by atoms with van der Waals surface area (Å²) in [5.74, 6) is 1.67. The first-order valence-electron chi connectivity index (χ1n) is 6.91. The molecule has 122 valence electrons. The molecule has 2 aromatic rings. The van der Waals surface area contributed by atoms with Crippen molar-refractivity contribution in [1.82, 2.24) is 0 Å². The standard InChI is InChI=1S/C17H18ClNO4/c1-21-13-5-7-15(22-2)11(8-13)9-17(20)19-12-4-6-16(23-3)14(18)10-12/h4-8,10H,9H2,1-3H3,(H,19,20). The molecule has 0 saturated heterocycles. The maximum atomic E-state index is 12.2. The summed E-state index contributed by atoms with van der Waals surface area (Å²) in [4.78, 5) is 12.2. The van der Waals surface area contributed by atoms with Gasteiger partial charge in [-0.25, -0.2) is 0 Å². The second-order valence-electron chi connectivity index (χ2n) is 4.75. The molecule has 6 heteroatoms. The van der Waals surface area contributed by atoms with E-state index in [1.165, 1.54) is 7.11 Å². The van der Waals surface area contributed by atoms with Crippen LogP contribution in [0.5, 0.6) is 17.2 Å². The van der Waals surface area contributed by atoms with Crippen LogP contribution in [0.2, 0.25) is 5.02 Å². The number of hydrogen-bond donors (Lipinski definition) is 1. The van der Waals surface area contributed by atoms with Crippen molar-refractivity contribution in [2.45, 2.75) is 6.42 Å². The zero-order valence-corrected chi connectivity index (χ0v) is 13.9. The number of amides is 1. The van der Waals surface area contributed by atoms with Gasteiger partial charge in [0.15, 0.2) is 0 Å². The molecule has 0 aliphatic rings. The lowest BCUT2D eigenvalue weighted by Crippen LogP contribution is -2.15. The van der Waals surface area contributed by atoms with E-state index in [2.05, 4.69) is 5.32 Å². The molecule has 1 N–H and O–H groups in total. The van der Waals surface area contributed by atoms with E-state index in [1.54, 1.807) is 50.6 Å². The van der Waals surface area contributed by atoms with Crippen molar-refractivity contribution in [3.63, 3.8) is 0 Å². The largest absolute Gasteiger partial charge is 0.497 e. The molecule has 0 aliphatic carbocycles. The zero-order valence-electron chi connectivity index (χ0n) is 13.2. The smallest absolute Gasteiger partial charge is 0.228 e. The Morgan fingerprint density at radius 2 is 1.70 bits per heavy atom. The van der Waals surface area contributed by atoms with Crippen LogP contribution in [-0.2, 0) is 11.2 Å². The van der Waals surface area contributed by atoms with Crippen molar-refractivity contribution in [3.8, 4) is 17.2 Å². The van der Waals surface area contributed by atoms with Crippen molar-refractivity contribution in [2.24, 2.45) is 0 Å². The fourth-order valence-corrected chi connectivity index (χ4v) is 2.40. The topological polar surface area (TPSA) is 56.8 Å². The summed E-state index contributed by atoms with van der Waals surface area (Å²) in [6.07, 6.45) is 0.157. The van der Waals surface area contributed by atoms with Crippen LogP contribution < -0.4 is 19.5 Å². The third-order valence-electron chi connectivity index (χ3n) is 3.27. The van der Waals surface area contributed by atoms with Crippen LogP contribution in [0.1, 0.15) is 5.56 Å². The maximum absolute atomic E-state index is 12.2. The second-order valence-corrected chi connectivity index (χ2v) is 5.16. The Morgan fingerprint density at radius 1 is 1.00 bits per heavy atom. The Kier molecular flexibility index (Phi) is 5.71. The molecule has 0 fully saturated rings. The van der Waals surface area contributed by atoms with Crippen LogP contribution in [0.4, 0.5) is 5.69 Å². The Hall–Kier alpha value is -2.40. The number of halogens is 1. The predicted molar refractivity (Wildman–Crippen MR) is 89.9 cm³/mol. The van der Waals surface area contributed by atoms with Crippen molar-refractivity contribution in [2.75, 3.05) is 26.6 Å². The van der Waals surface area contributed by atoms with Gasteiger partial charge in [-0.15, -0.1) is 0 Å². The first-order chi connectivity index (χ1) is 11.1. The third-order valence-corrected chi connectivity index (χ3v) is 3.57. The number of ether oxygens (including phenoxy) is 3. The number of methoxy groups -OCH3 is 3. The Balaban J connectivity index is 2.11. The molecule has 0 saturated carbocycles. The molecule has 0 unspecified atom stereocenters. The lowest BCUT2D eigenvalue weighted by atomic mass is 10.1. The number of carbonyl (C=O) groups is 1. The summed E-state index contributed by atoms with van der Waals surface area (Å²) >= 11 is 6.05. The van der Waals surface area contributed by atoms with Gasteiger partial charge in [0.2, 0.25) is 5.91 Å². The number of benzene rings is 2. The van der Waals surface area contributed by atoms with E-state index in [4.69, 9.17) is 25.8 Å². The van der Waals surface area contributed by atoms with Gasteiger partial charge in [0.1, 0.15) is 17.2 Å². The molecule has 2 aromatic carbocycles. The van der Waals surface area contributed by atoms with E-state index >= 15 is 0 Å². The fourth-order valence-electron chi connectivity index (χ4n) is 2.14. The second kappa shape index (κ2) is 7.74. The fraction of sp³-hybridized carbons (Fsp3) is 0.235. The molecule has 1 amide bonds. The zero-order chi connectivity index (χ0) is 16.8. The summed E-state index contributed by atoms with van der Waals surface area (Å²) < 4.78 is 15.5. The van der Waals surface area contributed by atoms with Gasteiger partial charge in [-0.05, 0) is 36.4 Å². The van der Waals surface area contributed by atoms with Gasteiger partial charge in [-0.2, -0.15) is 0 Å². The molecular weight excluding hydrogens is 318 g/mol. The van der Waals surface area contributed by atoms with E-state index in [1.807, 2.05) is 0 Å². The summed E-state index contributed by atoms with van der Waals surface area (Å²) in [7, 11) is 4.67. The summed E-state index contributed by atoms with van der Waals surface area (Å²) in [6.45, 7) is 0. The molecule has 0 bridgehead atoms. The minimum Gasteiger partial charge on any atom is -0.497 e. The highest BCUT2D eigenvalue weighted by atomic mass is 35.5. The SMILES string of the molecule is COc1ccc(OC)c(CC(=O)Nc2ccc(OC)c(Cl)c2)c1. The average Bonchev–Trinajstić information content (AvgIpc) is 2.54. The van der Waals surface area contributed by atoms with Gasteiger partial charge in [0, 0.05) is 11.3 Å². The minimum atomic E-state index is -0.183. The van der Waals surface area contributed by atoms with Crippen LogP contribution >= 0.6 is 11.6 Å². The van der Waals surface area contributed by atoms with Crippen LogP contribution in [0.3, 0.4) is 0 Å². The molecule has 0 aromatic heterocycles. The minimum absolute atomic E-state index is 0.157. The van der Waals surface area contributed by atoms with Crippen molar-refractivity contribution in [1.29, 1.82) is 0 Å². The number of rotatable bonds is 6. The van der Waals surface area contributed by atoms with Crippen LogP contribution in [-0.4, -0.2) is 27.2 Å². The first kappa shape index (κ1) is 17.0. The maximum Gasteiger partial charge on any atom is 0.228 e. The van der Waals surface area contributed by atoms with E-state index < -0.39 is 0 Å². The lowest BCUT2D eigenvalue weighted by Gasteiger charge is -2.11. The lowest BCUT2D eigenvalue weighted by molar-refractivity contribution is -0.115. The van der Waals surface area contributed by atoms with Gasteiger partial charge >= 0.3 is 0 Å². The summed E-state index contributed by atoms with van der Waals surface area (Å²) in [5.41, 5.74) is 1.34.